The molecule has 3 rings (SSSR count). The molecule has 0 saturated carbocycles. The zero-order valence-corrected chi connectivity index (χ0v) is 18.8. The Morgan fingerprint density at radius 3 is 2.47 bits per heavy atom. The Bertz CT molecular complexity index is 1180. The van der Waals surface area contributed by atoms with Crippen LogP contribution in [0.5, 0.6) is 5.75 Å². The van der Waals surface area contributed by atoms with Crippen molar-refractivity contribution >= 4 is 35.1 Å². The van der Waals surface area contributed by atoms with Crippen molar-refractivity contribution in [3.05, 3.63) is 63.2 Å². The van der Waals surface area contributed by atoms with E-state index in [-0.39, 0.29) is 40.4 Å². The first-order valence-corrected chi connectivity index (χ1v) is 10.5. The number of hydrogen-bond acceptors (Lipinski definition) is 8. The number of rotatable bonds is 9. The first kappa shape index (κ1) is 24.4. The summed E-state index contributed by atoms with van der Waals surface area (Å²) in [4.78, 5) is 61.8. The molecule has 0 spiro atoms. The number of methoxy groups -OCH3 is 1. The van der Waals surface area contributed by atoms with Crippen LogP contribution in [0.3, 0.4) is 0 Å². The lowest BCUT2D eigenvalue weighted by Crippen LogP contribution is -2.30. The predicted molar refractivity (Wildman–Crippen MR) is 120 cm³/mol. The number of unbranched alkanes of at least 4 members (excludes halogenated alkanes) is 1. The smallest absolute Gasteiger partial charge is 0.338 e. The number of esters is 1. The zero-order chi connectivity index (χ0) is 25.0. The average molecular weight is 469 g/mol. The number of amides is 3. The number of ether oxygens (including phenoxy) is 2. The zero-order valence-electron chi connectivity index (χ0n) is 18.8. The van der Waals surface area contributed by atoms with Gasteiger partial charge in [0.05, 0.1) is 34.8 Å². The first-order valence-electron chi connectivity index (χ1n) is 10.5. The van der Waals surface area contributed by atoms with Crippen LogP contribution >= 0.6 is 0 Å². The van der Waals surface area contributed by atoms with Gasteiger partial charge in [-0.1, -0.05) is 13.3 Å². The second-order valence-corrected chi connectivity index (χ2v) is 7.55. The third-order valence-corrected chi connectivity index (χ3v) is 5.25. The molecule has 0 aromatic heterocycles. The van der Waals surface area contributed by atoms with Crippen molar-refractivity contribution in [1.82, 2.24) is 4.90 Å². The fourth-order valence-electron chi connectivity index (χ4n) is 3.35. The molecule has 11 heteroatoms. The highest BCUT2D eigenvalue weighted by Crippen LogP contribution is 2.29. The molecular weight excluding hydrogens is 446 g/mol. The molecule has 1 aliphatic rings. The van der Waals surface area contributed by atoms with E-state index in [1.807, 2.05) is 6.92 Å². The van der Waals surface area contributed by atoms with Crippen molar-refractivity contribution in [3.63, 3.8) is 0 Å². The molecule has 0 aliphatic carbocycles. The SMILES string of the molecule is CCCCN1C(=O)c2ccc(C(=O)OC(C)C(=O)Nc3ccc(OC)cc3[N+](=O)[O-])cc2C1=O. The van der Waals surface area contributed by atoms with Crippen LogP contribution in [-0.2, 0) is 9.53 Å². The number of imide groups is 1. The van der Waals surface area contributed by atoms with Gasteiger partial charge in [0.25, 0.3) is 23.4 Å². The minimum Gasteiger partial charge on any atom is -0.496 e. The standard InChI is InChI=1S/C23H23N3O8/c1-4-5-10-25-21(28)16-8-6-14(11-17(16)22(25)29)23(30)34-13(2)20(27)24-18-9-7-15(33-3)12-19(18)26(31)32/h6-9,11-13H,4-5,10H2,1-3H3,(H,24,27). The van der Waals surface area contributed by atoms with Gasteiger partial charge in [-0.25, -0.2) is 4.79 Å². The highest BCUT2D eigenvalue weighted by Gasteiger charge is 2.35. The summed E-state index contributed by atoms with van der Waals surface area (Å²) in [6.45, 7) is 3.53. The van der Waals surface area contributed by atoms with Crippen LogP contribution in [0.4, 0.5) is 11.4 Å². The molecule has 0 saturated heterocycles. The molecule has 1 atom stereocenters. The molecule has 1 aliphatic heterocycles. The van der Waals surface area contributed by atoms with Crippen LogP contribution in [-0.4, -0.2) is 53.3 Å². The first-order chi connectivity index (χ1) is 16.2. The van der Waals surface area contributed by atoms with Gasteiger partial charge in [0.1, 0.15) is 11.4 Å². The van der Waals surface area contributed by atoms with Crippen molar-refractivity contribution in [1.29, 1.82) is 0 Å². The lowest BCUT2D eigenvalue weighted by atomic mass is 10.1. The van der Waals surface area contributed by atoms with Gasteiger partial charge in [-0.2, -0.15) is 0 Å². The number of hydrogen-bond donors (Lipinski definition) is 1. The van der Waals surface area contributed by atoms with Crippen molar-refractivity contribution in [2.24, 2.45) is 0 Å². The Hall–Kier alpha value is -4.28. The Morgan fingerprint density at radius 2 is 1.82 bits per heavy atom. The van der Waals surface area contributed by atoms with Crippen molar-refractivity contribution in [2.75, 3.05) is 19.0 Å². The highest BCUT2D eigenvalue weighted by atomic mass is 16.6. The number of nitro benzene ring substituents is 1. The van der Waals surface area contributed by atoms with Gasteiger partial charge in [-0.05, 0) is 43.7 Å². The summed E-state index contributed by atoms with van der Waals surface area (Å²) in [5.74, 6) is -2.34. The minimum atomic E-state index is -1.30. The molecule has 0 bridgehead atoms. The van der Waals surface area contributed by atoms with Crippen molar-refractivity contribution < 1.29 is 33.6 Å². The largest absolute Gasteiger partial charge is 0.496 e. The summed E-state index contributed by atoms with van der Waals surface area (Å²) in [6.07, 6.45) is 0.171. The fourth-order valence-corrected chi connectivity index (χ4v) is 3.35. The number of anilines is 1. The van der Waals surface area contributed by atoms with Crippen LogP contribution < -0.4 is 10.1 Å². The van der Waals surface area contributed by atoms with Crippen LogP contribution in [0.2, 0.25) is 0 Å². The number of carbonyl (C=O) groups is 4. The molecule has 1 unspecified atom stereocenters. The Kier molecular flexibility index (Phi) is 7.24. The molecule has 1 N–H and O–H groups in total. The average Bonchev–Trinajstić information content (AvgIpc) is 3.06. The normalized spacial score (nSPS) is 13.3. The Morgan fingerprint density at radius 1 is 1.12 bits per heavy atom. The van der Waals surface area contributed by atoms with E-state index in [0.717, 1.165) is 17.4 Å². The number of fused-ring (bicyclic) bond motifs is 1. The van der Waals surface area contributed by atoms with E-state index in [2.05, 4.69) is 5.32 Å². The molecule has 11 nitrogen and oxygen atoms in total. The van der Waals surface area contributed by atoms with E-state index in [9.17, 15) is 29.3 Å². The number of nitrogens with zero attached hydrogens (tertiary/aromatic N) is 2. The third kappa shape index (κ3) is 4.87. The van der Waals surface area contributed by atoms with E-state index in [4.69, 9.17) is 9.47 Å². The van der Waals surface area contributed by atoms with Gasteiger partial charge in [0.15, 0.2) is 6.10 Å². The molecule has 178 valence electrons. The molecule has 2 aromatic carbocycles. The van der Waals surface area contributed by atoms with Crippen LogP contribution in [0.15, 0.2) is 36.4 Å². The van der Waals surface area contributed by atoms with Gasteiger partial charge < -0.3 is 14.8 Å². The predicted octanol–water partition coefficient (Wildman–Crippen LogP) is 3.18. The summed E-state index contributed by atoms with van der Waals surface area (Å²) in [5, 5.41) is 13.6. The topological polar surface area (TPSA) is 145 Å². The highest BCUT2D eigenvalue weighted by molar-refractivity contribution is 6.22. The summed E-state index contributed by atoms with van der Waals surface area (Å²) < 4.78 is 10.1. The fraction of sp³-hybridized carbons (Fsp3) is 0.304. The molecule has 2 aromatic rings. The number of nitro groups is 1. The van der Waals surface area contributed by atoms with Gasteiger partial charge in [0.2, 0.25) is 0 Å². The van der Waals surface area contributed by atoms with Gasteiger partial charge in [0, 0.05) is 6.54 Å². The molecule has 0 radical (unpaired) electrons. The molecular formula is C23H23N3O8. The van der Waals surface area contributed by atoms with E-state index in [0.29, 0.717) is 6.42 Å². The number of nitrogens with one attached hydrogen (secondary N) is 1. The van der Waals surface area contributed by atoms with Gasteiger partial charge in [-0.15, -0.1) is 0 Å². The number of carbonyl (C=O) groups excluding carboxylic acids is 4. The second kappa shape index (κ2) is 10.1. The minimum absolute atomic E-state index is 0.00711. The van der Waals surface area contributed by atoms with Crippen LogP contribution in [0.25, 0.3) is 0 Å². The second-order valence-electron chi connectivity index (χ2n) is 7.55. The number of benzene rings is 2. The maximum Gasteiger partial charge on any atom is 0.338 e. The quantitative estimate of drug-likeness (QED) is 0.255. The monoisotopic (exact) mass is 469 g/mol. The Labute approximate surface area is 194 Å². The van der Waals surface area contributed by atoms with E-state index in [1.165, 1.54) is 44.4 Å². The summed E-state index contributed by atoms with van der Waals surface area (Å²) in [7, 11) is 1.35. The third-order valence-electron chi connectivity index (χ3n) is 5.25. The lowest BCUT2D eigenvalue weighted by Gasteiger charge is -2.14. The van der Waals surface area contributed by atoms with Crippen molar-refractivity contribution in [3.8, 4) is 5.75 Å². The van der Waals surface area contributed by atoms with Crippen LogP contribution in [0, 0.1) is 10.1 Å². The maximum absolute atomic E-state index is 12.6. The van der Waals surface area contributed by atoms with E-state index < -0.39 is 34.7 Å². The molecule has 0 fully saturated rings. The lowest BCUT2D eigenvalue weighted by molar-refractivity contribution is -0.384. The van der Waals surface area contributed by atoms with Crippen molar-refractivity contribution in [2.45, 2.75) is 32.8 Å². The Balaban J connectivity index is 1.71. The summed E-state index contributed by atoms with van der Waals surface area (Å²) >= 11 is 0. The van der Waals surface area contributed by atoms with Gasteiger partial charge >= 0.3 is 5.97 Å². The maximum atomic E-state index is 12.6. The summed E-state index contributed by atoms with van der Waals surface area (Å²) in [5.41, 5.74) is -0.183. The molecule has 34 heavy (non-hydrogen) atoms. The van der Waals surface area contributed by atoms with E-state index >= 15 is 0 Å². The van der Waals surface area contributed by atoms with E-state index in [1.54, 1.807) is 0 Å². The van der Waals surface area contributed by atoms with Gasteiger partial charge in [-0.3, -0.25) is 29.4 Å². The summed E-state index contributed by atoms with van der Waals surface area (Å²) in [6, 6.07) is 7.88. The molecule has 1 heterocycles. The van der Waals surface area contributed by atoms with Crippen LogP contribution in [0.1, 0.15) is 57.8 Å². The molecule has 3 amide bonds.